The molecule has 5 heteroatoms. The highest BCUT2D eigenvalue weighted by molar-refractivity contribution is 9.10. The topological polar surface area (TPSA) is 26.0 Å². The third-order valence-electron chi connectivity index (χ3n) is 1.89. The summed E-state index contributed by atoms with van der Waals surface area (Å²) in [4.78, 5) is 0. The van der Waals surface area contributed by atoms with Gasteiger partial charge in [-0.05, 0) is 23.8 Å². The second kappa shape index (κ2) is 4.37. The van der Waals surface area contributed by atoms with E-state index in [-0.39, 0.29) is 0 Å². The van der Waals surface area contributed by atoms with Gasteiger partial charge in [0.1, 0.15) is 0 Å². The van der Waals surface area contributed by atoms with Crippen LogP contribution in [0.5, 0.6) is 0 Å². The zero-order valence-electron chi connectivity index (χ0n) is 7.68. The van der Waals surface area contributed by atoms with E-state index in [1.54, 1.807) is 6.07 Å². The van der Waals surface area contributed by atoms with Crippen molar-refractivity contribution in [1.82, 2.24) is 0 Å². The Bertz CT molecular complexity index is 373. The molecule has 1 nitrogen and oxygen atoms in total. The molecular weight excluding hydrogens is 271 g/mol. The molecule has 2 N–H and O–H groups in total. The number of benzene rings is 1. The Morgan fingerprint density at radius 1 is 1.33 bits per heavy atom. The summed E-state index contributed by atoms with van der Waals surface area (Å²) in [5.74, 6) is 0. The Kier molecular flexibility index (Phi) is 3.57. The van der Waals surface area contributed by atoms with Crippen molar-refractivity contribution in [1.29, 1.82) is 0 Å². The van der Waals surface area contributed by atoms with Gasteiger partial charge in [0.15, 0.2) is 0 Å². The van der Waals surface area contributed by atoms with Crippen LogP contribution in [0.1, 0.15) is 17.2 Å². The van der Waals surface area contributed by atoms with Crippen LogP contribution in [0.25, 0.3) is 0 Å². The Balaban J connectivity index is 3.22. The molecule has 0 amide bonds. The average Bonchev–Trinajstić information content (AvgIpc) is 2.14. The Morgan fingerprint density at radius 2 is 1.93 bits per heavy atom. The van der Waals surface area contributed by atoms with Crippen LogP contribution in [0.3, 0.4) is 0 Å². The average molecular weight is 280 g/mol. The maximum atomic E-state index is 12.4. The highest BCUT2D eigenvalue weighted by Crippen LogP contribution is 2.33. The number of nitrogens with two attached hydrogens (primary N) is 1. The SMILES string of the molecule is C=C[C@@H](N)c1cc(Br)cc(C(F)(F)F)c1. The van der Waals surface area contributed by atoms with Gasteiger partial charge in [-0.2, -0.15) is 13.2 Å². The van der Waals surface area contributed by atoms with Gasteiger partial charge in [0.05, 0.1) is 5.56 Å². The number of rotatable bonds is 2. The van der Waals surface area contributed by atoms with Gasteiger partial charge in [0, 0.05) is 10.5 Å². The van der Waals surface area contributed by atoms with Crippen LogP contribution in [0.15, 0.2) is 35.3 Å². The standard InChI is InChI=1S/C10H9BrF3N/c1-2-9(15)6-3-7(10(12,13)14)5-8(11)4-6/h2-5,9H,1,15H2/t9-/m1/s1. The summed E-state index contributed by atoms with van der Waals surface area (Å²) in [6, 6.07) is 2.99. The molecule has 0 aliphatic rings. The second-order valence-electron chi connectivity index (χ2n) is 3.03. The highest BCUT2D eigenvalue weighted by atomic mass is 79.9. The molecule has 0 fully saturated rings. The van der Waals surface area contributed by atoms with Crippen LogP contribution in [-0.2, 0) is 6.18 Å². The zero-order valence-corrected chi connectivity index (χ0v) is 9.27. The minimum Gasteiger partial charge on any atom is -0.321 e. The van der Waals surface area contributed by atoms with Gasteiger partial charge < -0.3 is 5.73 Å². The first-order valence-corrected chi connectivity index (χ1v) is 4.89. The molecule has 0 aliphatic carbocycles. The van der Waals surface area contributed by atoms with E-state index in [1.165, 1.54) is 6.08 Å². The lowest BCUT2D eigenvalue weighted by atomic mass is 10.0. The molecule has 1 rings (SSSR count). The molecule has 1 aromatic carbocycles. The van der Waals surface area contributed by atoms with E-state index in [0.717, 1.165) is 12.1 Å². The summed E-state index contributed by atoms with van der Waals surface area (Å²) in [5, 5.41) is 0. The van der Waals surface area contributed by atoms with Crippen LogP contribution in [0.4, 0.5) is 13.2 Å². The van der Waals surface area contributed by atoms with Gasteiger partial charge in [-0.15, -0.1) is 6.58 Å². The van der Waals surface area contributed by atoms with E-state index >= 15 is 0 Å². The maximum Gasteiger partial charge on any atom is 0.416 e. The fourth-order valence-electron chi connectivity index (χ4n) is 1.10. The Morgan fingerprint density at radius 3 is 2.40 bits per heavy atom. The predicted molar refractivity (Wildman–Crippen MR) is 56.3 cm³/mol. The van der Waals surface area contributed by atoms with Crippen molar-refractivity contribution in [2.24, 2.45) is 5.73 Å². The molecule has 1 aromatic rings. The van der Waals surface area contributed by atoms with Gasteiger partial charge in [0.2, 0.25) is 0 Å². The molecule has 1 atom stereocenters. The van der Waals surface area contributed by atoms with Crippen molar-refractivity contribution in [2.75, 3.05) is 0 Å². The third-order valence-corrected chi connectivity index (χ3v) is 2.34. The summed E-state index contributed by atoms with van der Waals surface area (Å²) in [6.45, 7) is 3.44. The van der Waals surface area contributed by atoms with Crippen molar-refractivity contribution in [3.05, 3.63) is 46.5 Å². The first kappa shape index (κ1) is 12.3. The minimum atomic E-state index is -4.36. The van der Waals surface area contributed by atoms with Crippen molar-refractivity contribution < 1.29 is 13.2 Å². The van der Waals surface area contributed by atoms with E-state index in [0.29, 0.717) is 10.0 Å². The molecule has 0 heterocycles. The highest BCUT2D eigenvalue weighted by Gasteiger charge is 2.31. The molecule has 15 heavy (non-hydrogen) atoms. The molecular formula is C10H9BrF3N. The molecule has 0 radical (unpaired) electrons. The van der Waals surface area contributed by atoms with E-state index in [4.69, 9.17) is 5.73 Å². The van der Waals surface area contributed by atoms with Crippen LogP contribution in [-0.4, -0.2) is 0 Å². The Hall–Kier alpha value is -0.810. The fourth-order valence-corrected chi connectivity index (χ4v) is 1.62. The fraction of sp³-hybridized carbons (Fsp3) is 0.200. The number of halogens is 4. The van der Waals surface area contributed by atoms with Gasteiger partial charge in [0.25, 0.3) is 0 Å². The molecule has 0 unspecified atom stereocenters. The molecule has 0 saturated heterocycles. The van der Waals surface area contributed by atoms with Crippen molar-refractivity contribution in [2.45, 2.75) is 12.2 Å². The van der Waals surface area contributed by atoms with E-state index < -0.39 is 17.8 Å². The van der Waals surface area contributed by atoms with Crippen molar-refractivity contribution in [3.8, 4) is 0 Å². The zero-order chi connectivity index (χ0) is 11.6. The minimum absolute atomic E-state index is 0.352. The van der Waals surface area contributed by atoms with Crippen LogP contribution < -0.4 is 5.73 Å². The summed E-state index contributed by atoms with van der Waals surface area (Å²) in [6.07, 6.45) is -2.97. The lowest BCUT2D eigenvalue weighted by Gasteiger charge is -2.12. The molecule has 0 aliphatic heterocycles. The van der Waals surface area contributed by atoms with Crippen LogP contribution >= 0.6 is 15.9 Å². The summed E-state index contributed by atoms with van der Waals surface area (Å²) < 4.78 is 37.6. The summed E-state index contributed by atoms with van der Waals surface area (Å²) >= 11 is 3.01. The van der Waals surface area contributed by atoms with Gasteiger partial charge in [-0.1, -0.05) is 22.0 Å². The smallest absolute Gasteiger partial charge is 0.321 e. The summed E-state index contributed by atoms with van der Waals surface area (Å²) in [7, 11) is 0. The molecule has 0 aromatic heterocycles. The predicted octanol–water partition coefficient (Wildman–Crippen LogP) is 3.65. The number of alkyl halides is 3. The first-order valence-electron chi connectivity index (χ1n) is 4.10. The monoisotopic (exact) mass is 279 g/mol. The largest absolute Gasteiger partial charge is 0.416 e. The molecule has 0 bridgehead atoms. The second-order valence-corrected chi connectivity index (χ2v) is 3.95. The molecule has 0 saturated carbocycles. The van der Waals surface area contributed by atoms with Crippen LogP contribution in [0, 0.1) is 0 Å². The van der Waals surface area contributed by atoms with Crippen LogP contribution in [0.2, 0.25) is 0 Å². The third kappa shape index (κ3) is 3.07. The van der Waals surface area contributed by atoms with Gasteiger partial charge >= 0.3 is 6.18 Å². The normalized spacial score (nSPS) is 13.7. The van der Waals surface area contributed by atoms with Crippen molar-refractivity contribution >= 4 is 15.9 Å². The van der Waals surface area contributed by atoms with Crippen molar-refractivity contribution in [3.63, 3.8) is 0 Å². The van der Waals surface area contributed by atoms with Gasteiger partial charge in [-0.3, -0.25) is 0 Å². The quantitative estimate of drug-likeness (QED) is 0.822. The Labute approximate surface area is 93.9 Å². The number of hydrogen-bond acceptors (Lipinski definition) is 1. The first-order chi connectivity index (χ1) is 6.84. The number of hydrogen-bond donors (Lipinski definition) is 1. The van der Waals surface area contributed by atoms with E-state index in [2.05, 4.69) is 22.5 Å². The lowest BCUT2D eigenvalue weighted by Crippen LogP contribution is -2.10. The molecule has 82 valence electrons. The van der Waals surface area contributed by atoms with Gasteiger partial charge in [-0.25, -0.2) is 0 Å². The lowest BCUT2D eigenvalue weighted by molar-refractivity contribution is -0.137. The maximum absolute atomic E-state index is 12.4. The van der Waals surface area contributed by atoms with E-state index in [9.17, 15) is 13.2 Å². The summed E-state index contributed by atoms with van der Waals surface area (Å²) in [5.41, 5.74) is 5.23. The molecule has 0 spiro atoms. The van der Waals surface area contributed by atoms with E-state index in [1.807, 2.05) is 0 Å².